The average molecular weight is 431 g/mol. The van der Waals surface area contributed by atoms with Gasteiger partial charge in [-0.25, -0.2) is 8.78 Å². The number of halogens is 7. The van der Waals surface area contributed by atoms with Crippen molar-refractivity contribution in [3.8, 4) is 5.75 Å². The summed E-state index contributed by atoms with van der Waals surface area (Å²) in [5, 5.41) is -1.36. The van der Waals surface area contributed by atoms with Crippen LogP contribution in [0.4, 0.5) is 26.3 Å². The second-order valence-electron chi connectivity index (χ2n) is 7.02. The molecule has 0 bridgehead atoms. The quantitative estimate of drug-likeness (QED) is 0.355. The third-order valence-corrected chi connectivity index (χ3v) is 5.30. The van der Waals surface area contributed by atoms with Gasteiger partial charge in [0.15, 0.2) is 17.4 Å². The highest BCUT2D eigenvalue weighted by atomic mass is 35.5. The molecule has 0 unspecified atom stereocenters. The van der Waals surface area contributed by atoms with Gasteiger partial charge in [0.2, 0.25) is 5.82 Å². The average Bonchev–Trinajstić information content (AvgIpc) is 3.13. The lowest BCUT2D eigenvalue weighted by atomic mass is 10.1. The van der Waals surface area contributed by atoms with Crippen molar-refractivity contribution >= 4 is 17.6 Å². The molecular formula is C18H17ClF6O3. The van der Waals surface area contributed by atoms with E-state index >= 15 is 0 Å². The summed E-state index contributed by atoms with van der Waals surface area (Å²) in [6.07, 6.45) is -4.01. The summed E-state index contributed by atoms with van der Waals surface area (Å²) >= 11 is 5.21. The molecule has 0 aliphatic heterocycles. The van der Waals surface area contributed by atoms with Crippen LogP contribution in [0.25, 0.3) is 0 Å². The molecule has 0 N–H and O–H groups in total. The van der Waals surface area contributed by atoms with Crippen molar-refractivity contribution in [2.45, 2.75) is 33.6 Å². The minimum absolute atomic E-state index is 0.310. The number of rotatable bonds is 5. The number of hydrogen-bond donors (Lipinski definition) is 0. The zero-order valence-corrected chi connectivity index (χ0v) is 16.1. The van der Waals surface area contributed by atoms with Crippen molar-refractivity contribution in [2.24, 2.45) is 17.3 Å². The molecule has 1 aromatic rings. The van der Waals surface area contributed by atoms with E-state index in [0.29, 0.717) is 0 Å². The monoisotopic (exact) mass is 430 g/mol. The number of carbonyl (C=O) groups is 1. The number of allylic oxidation sites excluding steroid dienone is 2. The Kier molecular flexibility index (Phi) is 5.99. The molecule has 0 radical (unpaired) electrons. The molecule has 0 heterocycles. The number of alkyl halides is 3. The Bertz CT molecular complexity index is 803. The first-order chi connectivity index (χ1) is 12.7. The van der Waals surface area contributed by atoms with E-state index in [1.54, 1.807) is 13.8 Å². The van der Waals surface area contributed by atoms with E-state index in [1.807, 2.05) is 0 Å². The molecule has 0 saturated heterocycles. The van der Waals surface area contributed by atoms with Crippen LogP contribution in [-0.4, -0.2) is 19.3 Å². The highest BCUT2D eigenvalue weighted by molar-refractivity contribution is 6.30. The lowest BCUT2D eigenvalue weighted by Gasteiger charge is -2.13. The first-order valence-electron chi connectivity index (χ1n) is 8.06. The summed E-state index contributed by atoms with van der Waals surface area (Å²) in [4.78, 5) is 12.2. The Balaban J connectivity index is 2.18. The highest BCUT2D eigenvalue weighted by Crippen LogP contribution is 2.60. The molecule has 2 rings (SSSR count). The summed E-state index contributed by atoms with van der Waals surface area (Å²) in [7, 11) is 0.967. The van der Waals surface area contributed by atoms with Crippen LogP contribution >= 0.6 is 11.6 Å². The van der Waals surface area contributed by atoms with Crippen LogP contribution in [0.15, 0.2) is 11.1 Å². The van der Waals surface area contributed by atoms with Crippen molar-refractivity contribution in [3.63, 3.8) is 0 Å². The van der Waals surface area contributed by atoms with Gasteiger partial charge in [-0.2, -0.15) is 17.6 Å². The fourth-order valence-electron chi connectivity index (χ4n) is 3.07. The number of methoxy groups -OCH3 is 1. The Morgan fingerprint density at radius 1 is 1.18 bits per heavy atom. The maximum Gasteiger partial charge on any atom is 0.426 e. The summed E-state index contributed by atoms with van der Waals surface area (Å²) in [5.74, 6) is -7.77. The molecule has 1 aliphatic rings. The lowest BCUT2D eigenvalue weighted by molar-refractivity contribution is -0.147. The van der Waals surface area contributed by atoms with Crippen LogP contribution in [0.3, 0.4) is 0 Å². The van der Waals surface area contributed by atoms with Gasteiger partial charge in [-0.3, -0.25) is 4.79 Å². The fourth-order valence-corrected chi connectivity index (χ4v) is 3.21. The first-order valence-corrected chi connectivity index (χ1v) is 8.44. The largest absolute Gasteiger partial charge is 0.491 e. The van der Waals surface area contributed by atoms with Crippen molar-refractivity contribution in [3.05, 3.63) is 39.7 Å². The van der Waals surface area contributed by atoms with E-state index in [-0.39, 0.29) is 5.56 Å². The Hall–Kier alpha value is -1.90. The minimum atomic E-state index is -4.74. The first kappa shape index (κ1) is 22.4. The van der Waals surface area contributed by atoms with E-state index in [9.17, 15) is 31.1 Å². The maximum atomic E-state index is 14.1. The van der Waals surface area contributed by atoms with Gasteiger partial charge in [-0.05, 0) is 23.8 Å². The van der Waals surface area contributed by atoms with Crippen LogP contribution in [0, 0.1) is 41.6 Å². The van der Waals surface area contributed by atoms with Crippen LogP contribution in [-0.2, 0) is 16.1 Å². The van der Waals surface area contributed by atoms with Crippen molar-refractivity contribution in [1.29, 1.82) is 0 Å². The molecule has 2 atom stereocenters. The van der Waals surface area contributed by atoms with Gasteiger partial charge in [-0.1, -0.05) is 31.5 Å². The normalized spacial score (nSPS) is 21.5. The van der Waals surface area contributed by atoms with Gasteiger partial charge >= 0.3 is 12.1 Å². The molecule has 10 heteroatoms. The molecule has 1 fully saturated rings. The molecule has 0 amide bonds. The van der Waals surface area contributed by atoms with E-state index in [4.69, 9.17) is 16.3 Å². The standard InChI is InChI=1S/C18H17ClF6O3/c1-7-8(13(21)14(22)15(27-4)12(7)20)6-28-16(26)11-9(17(11,2)3)5-10(19)18(23,24)25/h5,9,11H,6H2,1-4H3/b10-5-/t9-,11-/m1/s1. The smallest absolute Gasteiger partial charge is 0.426 e. The predicted octanol–water partition coefficient (Wildman–Crippen LogP) is 5.42. The van der Waals surface area contributed by atoms with Gasteiger partial charge in [0.05, 0.1) is 13.0 Å². The zero-order valence-electron chi connectivity index (χ0n) is 15.3. The lowest BCUT2D eigenvalue weighted by Crippen LogP contribution is -2.14. The molecule has 0 aromatic heterocycles. The van der Waals surface area contributed by atoms with Gasteiger partial charge in [0, 0.05) is 5.56 Å². The molecule has 1 aromatic carbocycles. The van der Waals surface area contributed by atoms with Crippen LogP contribution in [0.2, 0.25) is 0 Å². The van der Waals surface area contributed by atoms with E-state index < -0.39 is 69.8 Å². The van der Waals surface area contributed by atoms with E-state index in [0.717, 1.165) is 20.1 Å². The molecule has 1 aliphatic carbocycles. The topological polar surface area (TPSA) is 35.5 Å². The number of ether oxygens (including phenoxy) is 2. The van der Waals surface area contributed by atoms with Gasteiger partial charge < -0.3 is 9.47 Å². The Morgan fingerprint density at radius 3 is 2.25 bits per heavy atom. The molecular weight excluding hydrogens is 414 g/mol. The highest BCUT2D eigenvalue weighted by Gasteiger charge is 2.62. The molecule has 28 heavy (non-hydrogen) atoms. The fraction of sp³-hybridized carbons (Fsp3) is 0.500. The predicted molar refractivity (Wildman–Crippen MR) is 88.2 cm³/mol. The summed E-state index contributed by atoms with van der Waals surface area (Å²) < 4.78 is 89.1. The Morgan fingerprint density at radius 2 is 1.75 bits per heavy atom. The summed E-state index contributed by atoms with van der Waals surface area (Å²) in [6, 6.07) is 0. The van der Waals surface area contributed by atoms with E-state index in [2.05, 4.69) is 4.74 Å². The van der Waals surface area contributed by atoms with Gasteiger partial charge in [-0.15, -0.1) is 0 Å². The molecule has 3 nitrogen and oxygen atoms in total. The summed E-state index contributed by atoms with van der Waals surface area (Å²) in [6.45, 7) is 3.45. The van der Waals surface area contributed by atoms with E-state index in [1.165, 1.54) is 0 Å². The van der Waals surface area contributed by atoms with Gasteiger partial charge in [0.1, 0.15) is 11.6 Å². The summed E-state index contributed by atoms with van der Waals surface area (Å²) in [5.41, 5.74) is -1.70. The van der Waals surface area contributed by atoms with Crippen LogP contribution < -0.4 is 4.74 Å². The number of hydrogen-bond acceptors (Lipinski definition) is 3. The SMILES string of the molecule is COc1c(F)c(C)c(COC(=O)[C@H]2[C@@H](/C=C(\Cl)C(F)(F)F)C2(C)C)c(F)c1F. The van der Waals surface area contributed by atoms with Crippen molar-refractivity contribution in [1.82, 2.24) is 0 Å². The third-order valence-electron chi connectivity index (χ3n) is 4.96. The second-order valence-corrected chi connectivity index (χ2v) is 7.43. The second kappa shape index (κ2) is 7.50. The van der Waals surface area contributed by atoms with Crippen LogP contribution in [0.5, 0.6) is 5.75 Å². The van der Waals surface area contributed by atoms with Crippen molar-refractivity contribution in [2.75, 3.05) is 7.11 Å². The Labute approximate surface area is 162 Å². The molecule has 1 saturated carbocycles. The molecule has 0 spiro atoms. The number of esters is 1. The third kappa shape index (κ3) is 3.94. The maximum absolute atomic E-state index is 14.1. The van der Waals surface area contributed by atoms with Gasteiger partial charge in [0.25, 0.3) is 0 Å². The number of benzene rings is 1. The number of carbonyl (C=O) groups excluding carboxylic acids is 1. The van der Waals surface area contributed by atoms with Crippen molar-refractivity contribution < 1.29 is 40.6 Å². The van der Waals surface area contributed by atoms with Crippen LogP contribution in [0.1, 0.15) is 25.0 Å². The minimum Gasteiger partial charge on any atom is -0.491 e. The molecule has 156 valence electrons. The zero-order chi connectivity index (χ0) is 21.6.